The van der Waals surface area contributed by atoms with Crippen molar-refractivity contribution in [2.45, 2.75) is 39.5 Å². The normalized spacial score (nSPS) is 28.8. The molecule has 2 nitrogen and oxygen atoms in total. The lowest BCUT2D eigenvalue weighted by Crippen LogP contribution is -2.30. The van der Waals surface area contributed by atoms with Crippen LogP contribution >= 0.6 is 0 Å². The van der Waals surface area contributed by atoms with Crippen LogP contribution in [0.3, 0.4) is 0 Å². The van der Waals surface area contributed by atoms with Crippen molar-refractivity contribution in [3.05, 3.63) is 0 Å². The Morgan fingerprint density at radius 3 is 2.46 bits per heavy atom. The van der Waals surface area contributed by atoms with E-state index in [1.165, 1.54) is 12.8 Å². The van der Waals surface area contributed by atoms with Gasteiger partial charge in [0.1, 0.15) is 5.78 Å². The Morgan fingerprint density at radius 1 is 1.31 bits per heavy atom. The second-order valence-electron chi connectivity index (χ2n) is 4.20. The van der Waals surface area contributed by atoms with Crippen molar-refractivity contribution in [1.29, 1.82) is 0 Å². The second kappa shape index (κ2) is 5.38. The molecule has 0 atom stereocenters. The van der Waals surface area contributed by atoms with Crippen LogP contribution in [-0.4, -0.2) is 18.9 Å². The maximum Gasteiger partial charge on any atom is 0.149 e. The third-order valence-electron chi connectivity index (χ3n) is 3.02. The van der Waals surface area contributed by atoms with Crippen molar-refractivity contribution in [1.82, 2.24) is 5.32 Å². The molecule has 1 aliphatic carbocycles. The Bertz CT molecular complexity index is 159. The maximum absolute atomic E-state index is 11.6. The smallest absolute Gasteiger partial charge is 0.149 e. The van der Waals surface area contributed by atoms with Gasteiger partial charge < -0.3 is 5.32 Å². The quantitative estimate of drug-likeness (QED) is 0.722. The molecule has 1 aliphatic rings. The van der Waals surface area contributed by atoms with Crippen molar-refractivity contribution < 1.29 is 4.79 Å². The standard InChI is InChI=1S/C11H21NO/c1-3-12-8-11(13)10-6-4-9(2)5-7-10/h9-10,12H,3-8H2,1-2H3. The van der Waals surface area contributed by atoms with Crippen LogP contribution in [0.2, 0.25) is 0 Å². The fraction of sp³-hybridized carbons (Fsp3) is 0.909. The van der Waals surface area contributed by atoms with Crippen LogP contribution in [0, 0.1) is 11.8 Å². The number of hydrogen-bond donors (Lipinski definition) is 1. The van der Waals surface area contributed by atoms with Gasteiger partial charge in [0, 0.05) is 5.92 Å². The van der Waals surface area contributed by atoms with E-state index in [0.29, 0.717) is 18.2 Å². The molecular formula is C11H21NO. The van der Waals surface area contributed by atoms with Crippen LogP contribution in [0.15, 0.2) is 0 Å². The highest BCUT2D eigenvalue weighted by atomic mass is 16.1. The first-order chi connectivity index (χ1) is 6.24. The zero-order valence-corrected chi connectivity index (χ0v) is 8.81. The Balaban J connectivity index is 2.23. The van der Waals surface area contributed by atoms with Crippen LogP contribution in [0.4, 0.5) is 0 Å². The summed E-state index contributed by atoms with van der Waals surface area (Å²) in [5.74, 6) is 1.62. The average molecular weight is 183 g/mol. The molecule has 2 heteroatoms. The van der Waals surface area contributed by atoms with Gasteiger partial charge in [-0.2, -0.15) is 0 Å². The van der Waals surface area contributed by atoms with E-state index >= 15 is 0 Å². The molecule has 0 aromatic rings. The number of rotatable bonds is 4. The van der Waals surface area contributed by atoms with Crippen molar-refractivity contribution in [3.8, 4) is 0 Å². The van der Waals surface area contributed by atoms with Crippen LogP contribution in [0.25, 0.3) is 0 Å². The summed E-state index contributed by atoms with van der Waals surface area (Å²) < 4.78 is 0. The zero-order valence-electron chi connectivity index (χ0n) is 8.81. The average Bonchev–Trinajstić information content (AvgIpc) is 2.15. The highest BCUT2D eigenvalue weighted by Gasteiger charge is 2.23. The largest absolute Gasteiger partial charge is 0.310 e. The molecule has 1 saturated carbocycles. The molecule has 1 N–H and O–H groups in total. The van der Waals surface area contributed by atoms with Gasteiger partial charge in [0.15, 0.2) is 0 Å². The SMILES string of the molecule is CCNCC(=O)C1CCC(C)CC1. The fourth-order valence-electron chi connectivity index (χ4n) is 1.97. The number of likely N-dealkylation sites (N-methyl/N-ethyl adjacent to an activating group) is 1. The topological polar surface area (TPSA) is 29.1 Å². The van der Waals surface area contributed by atoms with Gasteiger partial charge in [-0.25, -0.2) is 0 Å². The molecule has 0 unspecified atom stereocenters. The first-order valence-corrected chi connectivity index (χ1v) is 5.47. The number of carbonyl (C=O) groups is 1. The van der Waals surface area contributed by atoms with Gasteiger partial charge in [-0.3, -0.25) is 4.79 Å². The molecule has 1 rings (SSSR count). The van der Waals surface area contributed by atoms with Gasteiger partial charge in [-0.05, 0) is 25.3 Å². The monoisotopic (exact) mass is 183 g/mol. The first-order valence-electron chi connectivity index (χ1n) is 5.47. The van der Waals surface area contributed by atoms with E-state index in [1.54, 1.807) is 0 Å². The summed E-state index contributed by atoms with van der Waals surface area (Å²) in [5, 5.41) is 3.11. The summed E-state index contributed by atoms with van der Waals surface area (Å²) in [7, 11) is 0. The molecule has 0 spiro atoms. The van der Waals surface area contributed by atoms with Gasteiger partial charge in [0.25, 0.3) is 0 Å². The van der Waals surface area contributed by atoms with Crippen molar-refractivity contribution in [2.75, 3.05) is 13.1 Å². The minimum absolute atomic E-state index is 0.357. The molecular weight excluding hydrogens is 162 g/mol. The lowest BCUT2D eigenvalue weighted by atomic mass is 9.81. The fourth-order valence-corrected chi connectivity index (χ4v) is 1.97. The lowest BCUT2D eigenvalue weighted by Gasteiger charge is -2.24. The van der Waals surface area contributed by atoms with E-state index in [9.17, 15) is 4.79 Å². The predicted molar refractivity (Wildman–Crippen MR) is 54.7 cm³/mol. The summed E-state index contributed by atoms with van der Waals surface area (Å²) in [4.78, 5) is 11.6. The summed E-state index contributed by atoms with van der Waals surface area (Å²) >= 11 is 0. The van der Waals surface area contributed by atoms with Gasteiger partial charge >= 0.3 is 0 Å². The van der Waals surface area contributed by atoms with Gasteiger partial charge in [-0.1, -0.05) is 26.7 Å². The van der Waals surface area contributed by atoms with E-state index in [0.717, 1.165) is 25.3 Å². The molecule has 13 heavy (non-hydrogen) atoms. The Morgan fingerprint density at radius 2 is 1.92 bits per heavy atom. The van der Waals surface area contributed by atoms with Crippen molar-refractivity contribution in [3.63, 3.8) is 0 Å². The molecule has 0 amide bonds. The van der Waals surface area contributed by atoms with Gasteiger partial charge in [0.05, 0.1) is 6.54 Å². The predicted octanol–water partition coefficient (Wildman–Crippen LogP) is 1.99. The summed E-state index contributed by atoms with van der Waals surface area (Å²) in [6.45, 7) is 5.80. The van der Waals surface area contributed by atoms with Crippen LogP contribution in [0.1, 0.15) is 39.5 Å². The number of nitrogens with one attached hydrogen (secondary N) is 1. The molecule has 0 aliphatic heterocycles. The zero-order chi connectivity index (χ0) is 9.68. The van der Waals surface area contributed by atoms with Crippen molar-refractivity contribution >= 4 is 5.78 Å². The molecule has 0 aromatic carbocycles. The lowest BCUT2D eigenvalue weighted by molar-refractivity contribution is -0.123. The third kappa shape index (κ3) is 3.47. The molecule has 0 bridgehead atoms. The van der Waals surface area contributed by atoms with Gasteiger partial charge in [-0.15, -0.1) is 0 Å². The number of Topliss-reactive ketones (excluding diaryl/α,β-unsaturated/α-hetero) is 1. The second-order valence-corrected chi connectivity index (χ2v) is 4.20. The Kier molecular flexibility index (Phi) is 4.43. The minimum atomic E-state index is 0.357. The molecule has 0 saturated heterocycles. The molecule has 1 fully saturated rings. The summed E-state index contributed by atoms with van der Waals surface area (Å²) in [6, 6.07) is 0. The molecule has 0 heterocycles. The van der Waals surface area contributed by atoms with E-state index in [-0.39, 0.29) is 0 Å². The van der Waals surface area contributed by atoms with Crippen molar-refractivity contribution in [2.24, 2.45) is 11.8 Å². The minimum Gasteiger partial charge on any atom is -0.310 e. The third-order valence-corrected chi connectivity index (χ3v) is 3.02. The van der Waals surface area contributed by atoms with Crippen LogP contribution < -0.4 is 5.32 Å². The highest BCUT2D eigenvalue weighted by molar-refractivity contribution is 5.83. The first kappa shape index (κ1) is 10.7. The Hall–Kier alpha value is -0.370. The molecule has 0 aromatic heterocycles. The maximum atomic E-state index is 11.6. The number of hydrogen-bond acceptors (Lipinski definition) is 2. The van der Waals surface area contributed by atoms with E-state index in [2.05, 4.69) is 12.2 Å². The van der Waals surface area contributed by atoms with Crippen LogP contribution in [-0.2, 0) is 4.79 Å². The molecule has 76 valence electrons. The molecule has 0 radical (unpaired) electrons. The number of carbonyl (C=O) groups excluding carboxylic acids is 1. The summed E-state index contributed by atoms with van der Waals surface area (Å²) in [5.41, 5.74) is 0. The van der Waals surface area contributed by atoms with Gasteiger partial charge in [0.2, 0.25) is 0 Å². The van der Waals surface area contributed by atoms with E-state index in [4.69, 9.17) is 0 Å². The summed E-state index contributed by atoms with van der Waals surface area (Å²) in [6.07, 6.45) is 4.71. The van der Waals surface area contributed by atoms with E-state index < -0.39 is 0 Å². The number of ketones is 1. The van der Waals surface area contributed by atoms with E-state index in [1.807, 2.05) is 6.92 Å². The van der Waals surface area contributed by atoms with Crippen LogP contribution in [0.5, 0.6) is 0 Å². The Labute approximate surface area is 81.1 Å². The highest BCUT2D eigenvalue weighted by Crippen LogP contribution is 2.28.